The van der Waals surface area contributed by atoms with Crippen molar-refractivity contribution in [1.29, 1.82) is 0 Å². The molecular formula is C17H15ClN4O2S. The minimum Gasteiger partial charge on any atom is -0.504 e. The summed E-state index contributed by atoms with van der Waals surface area (Å²) in [7, 11) is 0. The number of phenols is 1. The van der Waals surface area contributed by atoms with Gasteiger partial charge in [-0.25, -0.2) is 5.10 Å². The largest absolute Gasteiger partial charge is 0.504 e. The SMILES string of the molecule is CCOc1cc(C=Nn2c(-c3cccc(Cl)c3)n[nH]c2=S)ccc1O. The summed E-state index contributed by atoms with van der Waals surface area (Å²) in [5, 5.41) is 21.7. The first-order chi connectivity index (χ1) is 12.1. The molecule has 0 aliphatic carbocycles. The van der Waals surface area contributed by atoms with Crippen molar-refractivity contribution in [3.63, 3.8) is 0 Å². The molecule has 2 N–H and O–H groups in total. The summed E-state index contributed by atoms with van der Waals surface area (Å²) in [5.74, 6) is 1.03. The van der Waals surface area contributed by atoms with Gasteiger partial charge in [0.1, 0.15) is 0 Å². The molecule has 0 fully saturated rings. The van der Waals surface area contributed by atoms with E-state index in [9.17, 15) is 5.11 Å². The number of aromatic hydroxyl groups is 1. The number of hydrogen-bond donors (Lipinski definition) is 2. The molecule has 0 aliphatic heterocycles. The average molecular weight is 375 g/mol. The highest BCUT2D eigenvalue weighted by Crippen LogP contribution is 2.26. The molecule has 1 aromatic heterocycles. The van der Waals surface area contributed by atoms with Crippen molar-refractivity contribution in [3.05, 3.63) is 57.8 Å². The molecular weight excluding hydrogens is 360 g/mol. The molecule has 2 aromatic carbocycles. The molecule has 0 unspecified atom stereocenters. The van der Waals surface area contributed by atoms with Crippen LogP contribution in [0, 0.1) is 4.77 Å². The lowest BCUT2D eigenvalue weighted by Gasteiger charge is -2.06. The number of nitrogens with one attached hydrogen (secondary N) is 1. The van der Waals surface area contributed by atoms with Crippen LogP contribution in [0.15, 0.2) is 47.6 Å². The predicted octanol–water partition coefficient (Wildman–Crippen LogP) is 4.25. The highest BCUT2D eigenvalue weighted by molar-refractivity contribution is 7.71. The zero-order chi connectivity index (χ0) is 17.8. The molecule has 3 rings (SSSR count). The molecule has 25 heavy (non-hydrogen) atoms. The zero-order valence-electron chi connectivity index (χ0n) is 13.3. The number of hydrogen-bond acceptors (Lipinski definition) is 5. The quantitative estimate of drug-likeness (QED) is 0.517. The lowest BCUT2D eigenvalue weighted by Crippen LogP contribution is -1.96. The summed E-state index contributed by atoms with van der Waals surface area (Å²) >= 11 is 11.3. The third-order valence-corrected chi connectivity index (χ3v) is 3.84. The first-order valence-electron chi connectivity index (χ1n) is 7.52. The topological polar surface area (TPSA) is 75.4 Å². The van der Waals surface area contributed by atoms with Gasteiger partial charge in [0, 0.05) is 10.6 Å². The molecule has 8 heteroatoms. The number of rotatable bonds is 5. The van der Waals surface area contributed by atoms with Crippen molar-refractivity contribution in [2.45, 2.75) is 6.92 Å². The van der Waals surface area contributed by atoms with Crippen LogP contribution >= 0.6 is 23.8 Å². The Kier molecular flexibility index (Phi) is 5.16. The second kappa shape index (κ2) is 7.50. The maximum absolute atomic E-state index is 9.76. The summed E-state index contributed by atoms with van der Waals surface area (Å²) in [6.45, 7) is 2.31. The molecule has 0 amide bonds. The van der Waals surface area contributed by atoms with Crippen LogP contribution in [0.2, 0.25) is 5.02 Å². The van der Waals surface area contributed by atoms with Gasteiger partial charge in [-0.2, -0.15) is 14.9 Å². The van der Waals surface area contributed by atoms with Gasteiger partial charge >= 0.3 is 0 Å². The molecule has 128 valence electrons. The van der Waals surface area contributed by atoms with Gasteiger partial charge in [0.25, 0.3) is 0 Å². The van der Waals surface area contributed by atoms with Gasteiger partial charge in [0.05, 0.1) is 12.8 Å². The molecule has 0 saturated heterocycles. The standard InChI is InChI=1S/C17H15ClN4O2S/c1-2-24-15-8-11(6-7-14(15)23)10-19-22-16(20-21-17(22)25)12-4-3-5-13(18)9-12/h3-10,23H,2H2,1H3,(H,21,25). The van der Waals surface area contributed by atoms with Gasteiger partial charge in [-0.05, 0) is 55.0 Å². The van der Waals surface area contributed by atoms with E-state index in [0.29, 0.717) is 28.0 Å². The Bertz CT molecular complexity index is 981. The van der Waals surface area contributed by atoms with Crippen LogP contribution in [0.4, 0.5) is 0 Å². The summed E-state index contributed by atoms with van der Waals surface area (Å²) in [5.41, 5.74) is 1.54. The first-order valence-corrected chi connectivity index (χ1v) is 8.30. The molecule has 6 nitrogen and oxygen atoms in total. The number of halogens is 1. The second-order valence-corrected chi connectivity index (χ2v) is 5.90. The Morgan fingerprint density at radius 1 is 1.36 bits per heavy atom. The van der Waals surface area contributed by atoms with Gasteiger partial charge in [-0.3, -0.25) is 0 Å². The smallest absolute Gasteiger partial charge is 0.216 e. The number of aromatic nitrogens is 3. The molecule has 1 heterocycles. The van der Waals surface area contributed by atoms with E-state index in [-0.39, 0.29) is 5.75 Å². The van der Waals surface area contributed by atoms with Crippen LogP contribution in [-0.4, -0.2) is 32.8 Å². The average Bonchev–Trinajstić information content (AvgIpc) is 2.96. The predicted molar refractivity (Wildman–Crippen MR) is 100 cm³/mol. The fourth-order valence-electron chi connectivity index (χ4n) is 2.22. The van der Waals surface area contributed by atoms with Crippen LogP contribution < -0.4 is 4.74 Å². The highest BCUT2D eigenvalue weighted by atomic mass is 35.5. The highest BCUT2D eigenvalue weighted by Gasteiger charge is 2.09. The van der Waals surface area contributed by atoms with Crippen molar-refractivity contribution in [2.75, 3.05) is 6.61 Å². The fraction of sp³-hybridized carbons (Fsp3) is 0.118. The van der Waals surface area contributed by atoms with E-state index in [2.05, 4.69) is 15.3 Å². The molecule has 0 aliphatic rings. The minimum atomic E-state index is 0.0820. The number of aromatic amines is 1. The van der Waals surface area contributed by atoms with Crippen molar-refractivity contribution >= 4 is 30.0 Å². The van der Waals surface area contributed by atoms with Gasteiger partial charge in [0.15, 0.2) is 17.3 Å². The molecule has 0 atom stereocenters. The van der Waals surface area contributed by atoms with E-state index < -0.39 is 0 Å². The summed E-state index contributed by atoms with van der Waals surface area (Å²) in [6.07, 6.45) is 1.61. The van der Waals surface area contributed by atoms with Gasteiger partial charge in [-0.15, -0.1) is 0 Å². The summed E-state index contributed by atoms with van der Waals surface area (Å²) < 4.78 is 7.24. The Hall–Kier alpha value is -2.64. The van der Waals surface area contributed by atoms with E-state index in [1.807, 2.05) is 19.1 Å². The maximum atomic E-state index is 9.76. The van der Waals surface area contributed by atoms with Crippen molar-refractivity contribution in [2.24, 2.45) is 5.10 Å². The van der Waals surface area contributed by atoms with Crippen LogP contribution in [0.3, 0.4) is 0 Å². The van der Waals surface area contributed by atoms with E-state index in [1.165, 1.54) is 4.68 Å². The van der Waals surface area contributed by atoms with Gasteiger partial charge < -0.3 is 9.84 Å². The lowest BCUT2D eigenvalue weighted by atomic mass is 10.2. The minimum absolute atomic E-state index is 0.0820. The molecule has 0 spiro atoms. The van der Waals surface area contributed by atoms with E-state index in [0.717, 1.165) is 11.1 Å². The van der Waals surface area contributed by atoms with Gasteiger partial charge in [-0.1, -0.05) is 23.7 Å². The van der Waals surface area contributed by atoms with Crippen LogP contribution in [0.5, 0.6) is 11.5 Å². The summed E-state index contributed by atoms with van der Waals surface area (Å²) in [4.78, 5) is 0. The molecule has 0 radical (unpaired) electrons. The molecule has 3 aromatic rings. The molecule has 0 saturated carbocycles. The van der Waals surface area contributed by atoms with Gasteiger partial charge in [0.2, 0.25) is 4.77 Å². The number of phenolic OH excluding ortho intramolecular Hbond substituents is 1. The Labute approximate surface area is 154 Å². The number of benzene rings is 2. The normalized spacial score (nSPS) is 11.1. The van der Waals surface area contributed by atoms with Crippen LogP contribution in [0.25, 0.3) is 11.4 Å². The van der Waals surface area contributed by atoms with Crippen LogP contribution in [-0.2, 0) is 0 Å². The van der Waals surface area contributed by atoms with Crippen molar-refractivity contribution < 1.29 is 9.84 Å². The second-order valence-electron chi connectivity index (χ2n) is 5.08. The Morgan fingerprint density at radius 3 is 2.96 bits per heavy atom. The summed E-state index contributed by atoms with van der Waals surface area (Å²) in [6, 6.07) is 12.3. The number of H-pyrrole nitrogens is 1. The Morgan fingerprint density at radius 2 is 2.20 bits per heavy atom. The van der Waals surface area contributed by atoms with E-state index >= 15 is 0 Å². The number of ether oxygens (including phenoxy) is 1. The zero-order valence-corrected chi connectivity index (χ0v) is 14.9. The fourth-order valence-corrected chi connectivity index (χ4v) is 2.59. The molecule has 0 bridgehead atoms. The first kappa shape index (κ1) is 17.2. The number of nitrogens with zero attached hydrogens (tertiary/aromatic N) is 3. The van der Waals surface area contributed by atoms with E-state index in [4.69, 9.17) is 28.6 Å². The van der Waals surface area contributed by atoms with Crippen molar-refractivity contribution in [1.82, 2.24) is 14.9 Å². The van der Waals surface area contributed by atoms with Crippen molar-refractivity contribution in [3.8, 4) is 22.9 Å². The maximum Gasteiger partial charge on any atom is 0.216 e. The Balaban J connectivity index is 1.96. The van der Waals surface area contributed by atoms with Crippen LogP contribution in [0.1, 0.15) is 12.5 Å². The monoisotopic (exact) mass is 374 g/mol. The van der Waals surface area contributed by atoms with E-state index in [1.54, 1.807) is 36.5 Å². The third kappa shape index (κ3) is 3.89. The lowest BCUT2D eigenvalue weighted by molar-refractivity contribution is 0.318. The third-order valence-electron chi connectivity index (χ3n) is 3.34.